The SMILES string of the molecule is Cc1cc(C)cc(COc2ccc(CCl)cc2F)c1. The molecule has 3 heteroatoms. The molecule has 0 unspecified atom stereocenters. The Labute approximate surface area is 118 Å². The number of benzene rings is 2. The van der Waals surface area contributed by atoms with Crippen molar-refractivity contribution in [2.24, 2.45) is 0 Å². The minimum absolute atomic E-state index is 0.257. The first-order valence-electron chi connectivity index (χ1n) is 6.13. The highest BCUT2D eigenvalue weighted by Gasteiger charge is 2.05. The molecule has 1 nitrogen and oxygen atoms in total. The van der Waals surface area contributed by atoms with Crippen LogP contribution in [0.5, 0.6) is 5.75 Å². The molecule has 19 heavy (non-hydrogen) atoms. The van der Waals surface area contributed by atoms with Crippen molar-refractivity contribution in [1.82, 2.24) is 0 Å². The van der Waals surface area contributed by atoms with E-state index < -0.39 is 0 Å². The van der Waals surface area contributed by atoms with Gasteiger partial charge in [0.05, 0.1) is 0 Å². The fraction of sp³-hybridized carbons (Fsp3) is 0.250. The third-order valence-electron chi connectivity index (χ3n) is 2.83. The van der Waals surface area contributed by atoms with Crippen LogP contribution in [0.2, 0.25) is 0 Å². The number of hydrogen-bond donors (Lipinski definition) is 0. The van der Waals surface area contributed by atoms with Crippen LogP contribution >= 0.6 is 11.6 Å². The van der Waals surface area contributed by atoms with Crippen molar-refractivity contribution >= 4 is 11.6 Å². The molecule has 2 aromatic carbocycles. The maximum atomic E-state index is 13.7. The van der Waals surface area contributed by atoms with E-state index in [1.54, 1.807) is 12.1 Å². The van der Waals surface area contributed by atoms with Crippen LogP contribution < -0.4 is 4.74 Å². The summed E-state index contributed by atoms with van der Waals surface area (Å²) < 4.78 is 19.2. The predicted molar refractivity (Wildman–Crippen MR) is 76.2 cm³/mol. The summed E-state index contributed by atoms with van der Waals surface area (Å²) in [7, 11) is 0. The van der Waals surface area contributed by atoms with Gasteiger partial charge >= 0.3 is 0 Å². The summed E-state index contributed by atoms with van der Waals surface area (Å²) in [6.45, 7) is 4.43. The topological polar surface area (TPSA) is 9.23 Å². The number of ether oxygens (including phenoxy) is 1. The number of aryl methyl sites for hydroxylation is 2. The standard InChI is InChI=1S/C16H16ClFO/c1-11-5-12(2)7-14(6-11)10-19-16-4-3-13(9-17)8-15(16)18/h3-8H,9-10H2,1-2H3. The van der Waals surface area contributed by atoms with Gasteiger partial charge in [0, 0.05) is 5.88 Å². The zero-order valence-corrected chi connectivity index (χ0v) is 11.8. The number of rotatable bonds is 4. The molecule has 2 rings (SSSR count). The third kappa shape index (κ3) is 3.71. The predicted octanol–water partition coefficient (Wildman–Crippen LogP) is 4.76. The molecule has 0 aromatic heterocycles. The minimum Gasteiger partial charge on any atom is -0.486 e. The van der Waals surface area contributed by atoms with Gasteiger partial charge in [-0.3, -0.25) is 0 Å². The molecule has 0 heterocycles. The van der Waals surface area contributed by atoms with Gasteiger partial charge in [-0.05, 0) is 37.1 Å². The van der Waals surface area contributed by atoms with Crippen LogP contribution in [0.4, 0.5) is 4.39 Å². The summed E-state index contributed by atoms with van der Waals surface area (Å²) in [5, 5.41) is 0. The quantitative estimate of drug-likeness (QED) is 0.733. The van der Waals surface area contributed by atoms with Gasteiger partial charge in [0.2, 0.25) is 0 Å². The molecule has 0 bridgehead atoms. The fourth-order valence-corrected chi connectivity index (χ4v) is 2.22. The molecule has 0 N–H and O–H groups in total. The van der Waals surface area contributed by atoms with E-state index in [-0.39, 0.29) is 11.6 Å². The highest BCUT2D eigenvalue weighted by molar-refractivity contribution is 6.17. The molecule has 0 atom stereocenters. The Morgan fingerprint density at radius 3 is 2.26 bits per heavy atom. The second kappa shape index (κ2) is 6.07. The van der Waals surface area contributed by atoms with Crippen LogP contribution in [0.15, 0.2) is 36.4 Å². The molecule has 100 valence electrons. The first-order valence-corrected chi connectivity index (χ1v) is 6.66. The first kappa shape index (κ1) is 13.9. The van der Waals surface area contributed by atoms with Crippen molar-refractivity contribution in [1.29, 1.82) is 0 Å². The molecule has 0 radical (unpaired) electrons. The molecule has 0 aliphatic rings. The molecule has 0 fully saturated rings. The largest absolute Gasteiger partial charge is 0.486 e. The maximum Gasteiger partial charge on any atom is 0.165 e. The third-order valence-corrected chi connectivity index (χ3v) is 3.14. The Morgan fingerprint density at radius 2 is 1.68 bits per heavy atom. The Hall–Kier alpha value is -1.54. The van der Waals surface area contributed by atoms with Gasteiger partial charge in [-0.15, -0.1) is 11.6 Å². The molecule has 2 aromatic rings. The van der Waals surface area contributed by atoms with Gasteiger partial charge in [-0.2, -0.15) is 0 Å². The second-order valence-electron chi connectivity index (χ2n) is 4.68. The van der Waals surface area contributed by atoms with Crippen molar-refractivity contribution in [3.63, 3.8) is 0 Å². The summed E-state index contributed by atoms with van der Waals surface area (Å²) in [6, 6.07) is 11.0. The minimum atomic E-state index is -0.373. The monoisotopic (exact) mass is 278 g/mol. The number of alkyl halides is 1. The summed E-state index contributed by atoms with van der Waals surface area (Å²) in [4.78, 5) is 0. The van der Waals surface area contributed by atoms with E-state index in [0.29, 0.717) is 12.5 Å². The lowest BCUT2D eigenvalue weighted by Gasteiger charge is -2.09. The van der Waals surface area contributed by atoms with E-state index in [2.05, 4.69) is 6.07 Å². The van der Waals surface area contributed by atoms with Gasteiger partial charge in [0.1, 0.15) is 6.61 Å². The molecule has 0 spiro atoms. The van der Waals surface area contributed by atoms with Crippen LogP contribution in [0.3, 0.4) is 0 Å². The summed E-state index contributed by atoms with van der Waals surface area (Å²) in [5.41, 5.74) is 4.14. The number of halogens is 2. The smallest absolute Gasteiger partial charge is 0.165 e. The van der Waals surface area contributed by atoms with Gasteiger partial charge < -0.3 is 4.74 Å². The van der Waals surface area contributed by atoms with Crippen LogP contribution in [0, 0.1) is 19.7 Å². The van der Waals surface area contributed by atoms with Crippen LogP contribution in [-0.2, 0) is 12.5 Å². The zero-order chi connectivity index (χ0) is 13.8. The lowest BCUT2D eigenvalue weighted by atomic mass is 10.1. The molecule has 0 amide bonds. The van der Waals surface area contributed by atoms with Crippen molar-refractivity contribution in [2.75, 3.05) is 0 Å². The van der Waals surface area contributed by atoms with E-state index >= 15 is 0 Å². The summed E-state index contributed by atoms with van der Waals surface area (Å²) in [6.07, 6.45) is 0. The molecule has 0 saturated carbocycles. The highest BCUT2D eigenvalue weighted by atomic mass is 35.5. The normalized spacial score (nSPS) is 10.5. The Balaban J connectivity index is 2.10. The fourth-order valence-electron chi connectivity index (χ4n) is 2.06. The van der Waals surface area contributed by atoms with E-state index in [4.69, 9.17) is 16.3 Å². The zero-order valence-electron chi connectivity index (χ0n) is 11.0. The van der Waals surface area contributed by atoms with Crippen molar-refractivity contribution in [3.05, 3.63) is 64.5 Å². The second-order valence-corrected chi connectivity index (χ2v) is 4.95. The molecule has 0 aliphatic carbocycles. The van der Waals surface area contributed by atoms with Crippen LogP contribution in [0.25, 0.3) is 0 Å². The van der Waals surface area contributed by atoms with Crippen molar-refractivity contribution in [2.45, 2.75) is 26.3 Å². The molecular weight excluding hydrogens is 263 g/mol. The molecule has 0 aliphatic heterocycles. The Kier molecular flexibility index (Phi) is 4.43. The lowest BCUT2D eigenvalue weighted by molar-refractivity contribution is 0.290. The van der Waals surface area contributed by atoms with Crippen LogP contribution in [-0.4, -0.2) is 0 Å². The average Bonchev–Trinajstić information content (AvgIpc) is 2.36. The Morgan fingerprint density at radius 1 is 1.00 bits per heavy atom. The first-order chi connectivity index (χ1) is 9.08. The average molecular weight is 279 g/mol. The van der Waals surface area contributed by atoms with Gasteiger partial charge in [0.25, 0.3) is 0 Å². The summed E-state index contributed by atoms with van der Waals surface area (Å²) in [5.74, 6) is 0.185. The van der Waals surface area contributed by atoms with E-state index in [1.807, 2.05) is 26.0 Å². The van der Waals surface area contributed by atoms with E-state index in [0.717, 1.165) is 11.1 Å². The van der Waals surface area contributed by atoms with Gasteiger partial charge in [0.15, 0.2) is 11.6 Å². The number of hydrogen-bond acceptors (Lipinski definition) is 1. The Bertz CT molecular complexity index is 561. The molecule has 0 saturated heterocycles. The van der Waals surface area contributed by atoms with Crippen molar-refractivity contribution in [3.8, 4) is 5.75 Å². The van der Waals surface area contributed by atoms with E-state index in [9.17, 15) is 4.39 Å². The van der Waals surface area contributed by atoms with Gasteiger partial charge in [-0.1, -0.05) is 35.4 Å². The van der Waals surface area contributed by atoms with Gasteiger partial charge in [-0.25, -0.2) is 4.39 Å². The van der Waals surface area contributed by atoms with Crippen LogP contribution in [0.1, 0.15) is 22.3 Å². The summed E-state index contributed by atoms with van der Waals surface area (Å²) >= 11 is 5.65. The van der Waals surface area contributed by atoms with E-state index in [1.165, 1.54) is 17.2 Å². The van der Waals surface area contributed by atoms with Crippen molar-refractivity contribution < 1.29 is 9.13 Å². The maximum absolute atomic E-state index is 13.7. The molecular formula is C16H16ClFO. The highest BCUT2D eigenvalue weighted by Crippen LogP contribution is 2.21. The lowest BCUT2D eigenvalue weighted by Crippen LogP contribution is -1.99.